The average Bonchev–Trinajstić information content (AvgIpc) is 1.57. The number of carboxylic acids is 1. The third-order valence-electron chi connectivity index (χ3n) is 16.0. The first-order valence-electron chi connectivity index (χ1n) is 31.0. The Labute approximate surface area is 544 Å². The van der Waals surface area contributed by atoms with Crippen LogP contribution < -0.4 is 66.7 Å². The minimum atomic E-state index is -1.73. The minimum absolute atomic E-state index is 0.0598. The fourth-order valence-electron chi connectivity index (χ4n) is 11.0. The summed E-state index contributed by atoms with van der Waals surface area (Å²) in [5.41, 5.74) is 40.6. The van der Waals surface area contributed by atoms with E-state index in [9.17, 15) is 58.5 Å². The second kappa shape index (κ2) is 37.5. The van der Waals surface area contributed by atoms with Crippen LogP contribution in [0.2, 0.25) is 0 Å². The van der Waals surface area contributed by atoms with E-state index in [4.69, 9.17) is 40.1 Å². The van der Waals surface area contributed by atoms with Gasteiger partial charge in [-0.05, 0) is 68.1 Å². The smallest absolute Gasteiger partial charge is 0.326 e. The molecule has 5 rings (SSSR count). The third kappa shape index (κ3) is 23.3. The van der Waals surface area contributed by atoms with Gasteiger partial charge in [-0.3, -0.25) is 58.1 Å². The zero-order valence-corrected chi connectivity index (χ0v) is 53.0. The van der Waals surface area contributed by atoms with Crippen LogP contribution in [0.25, 0.3) is 0 Å². The number of benzene rings is 3. The van der Waals surface area contributed by atoms with Crippen molar-refractivity contribution in [3.8, 4) is 0 Å². The second-order valence-electron chi connectivity index (χ2n) is 23.1. The summed E-state index contributed by atoms with van der Waals surface area (Å²) < 4.78 is 0. The molecule has 2 heterocycles. The highest BCUT2D eigenvalue weighted by molar-refractivity contribution is 5.98. The van der Waals surface area contributed by atoms with Gasteiger partial charge in [0.1, 0.15) is 48.3 Å². The quantitative estimate of drug-likeness (QED) is 0.0147. The van der Waals surface area contributed by atoms with Crippen LogP contribution in [-0.2, 0) is 67.2 Å². The van der Waals surface area contributed by atoms with Gasteiger partial charge >= 0.3 is 5.97 Å². The first-order valence-corrected chi connectivity index (χ1v) is 31.0. The highest BCUT2D eigenvalue weighted by Crippen LogP contribution is 2.27. The predicted molar refractivity (Wildman–Crippen MR) is 348 cm³/mol. The molecule has 32 nitrogen and oxygen atoms in total. The Morgan fingerprint density at radius 2 is 1.05 bits per heavy atom. The molecule has 0 aromatic heterocycles. The molecular formula is C62H91N19O13. The molecular weight excluding hydrogens is 1220 g/mol. The first kappa shape index (κ1) is 74.8. The van der Waals surface area contributed by atoms with Gasteiger partial charge in [-0.25, -0.2) is 4.79 Å². The molecule has 22 N–H and O–H groups in total. The lowest BCUT2D eigenvalue weighted by atomic mass is 9.99. The minimum Gasteiger partial charge on any atom is -0.480 e. The predicted octanol–water partition coefficient (Wildman–Crippen LogP) is -5.06. The maximum absolute atomic E-state index is 15.0. The standard InChI is InChI=1S/C62H91N19O13/c1-78(47(31-38-18-8-4-9-19-38)54(88)76-43(59(93)94)24-14-28-72-62(68)69)57(91)49(32-39-20-10-5-11-21-39)79(2)55(89)45(36-82)77-52(86)44(30-37-16-6-3-7-17-37)74-50(84)34-73-53(87)48-33-40(83)35-81(48)58(92)46-25-15-29-80(46)56(90)42(23-13-27-71-61(66)67)75-51(85)41(63)22-12-26-70-60(64)65/h3-11,16-21,40-49,82-83H,12-15,22-36,63H2,1-2H3,(H,73,87)(H,74,84)(H,75,85)(H,76,88)(H,77,86)(H,93,94)(H4,64,65,70)(H4,66,67,71)(H4,68,69,72)/t40-,41-,42+,43+,44+,45+,46+,47+,48+,49-/m1/s1. The van der Waals surface area contributed by atoms with Crippen molar-refractivity contribution in [2.75, 3.05) is 60.0 Å². The molecule has 2 fully saturated rings. The van der Waals surface area contributed by atoms with E-state index in [1.807, 2.05) is 0 Å². The first-order chi connectivity index (χ1) is 44.8. The zero-order valence-electron chi connectivity index (χ0n) is 53.0. The number of aliphatic hydroxyl groups is 2. The van der Waals surface area contributed by atoms with Gasteiger partial charge in [0.05, 0.1) is 25.3 Å². The molecule has 10 atom stereocenters. The van der Waals surface area contributed by atoms with E-state index in [1.165, 1.54) is 19.0 Å². The number of aliphatic imine (C=N–C) groups is 3. The number of carboxylic acid groups (broad SMARTS) is 1. The van der Waals surface area contributed by atoms with Crippen molar-refractivity contribution >= 4 is 77.0 Å². The molecule has 9 amide bonds. The topological polar surface area (TPSA) is 524 Å². The number of β-amino-alcohol motifs (C(OH)–C–C–N with tert-alkyl or cyclic N) is 1. The summed E-state index contributed by atoms with van der Waals surface area (Å²) in [7, 11) is 2.63. The Morgan fingerprint density at radius 3 is 1.57 bits per heavy atom. The van der Waals surface area contributed by atoms with Crippen molar-refractivity contribution in [2.45, 2.75) is 138 Å². The number of aliphatic hydroxyl groups excluding tert-OH is 2. The number of hydrogen-bond acceptors (Lipinski definition) is 16. The van der Waals surface area contributed by atoms with E-state index in [-0.39, 0.29) is 115 Å². The summed E-state index contributed by atoms with van der Waals surface area (Å²) in [5.74, 6) is -8.97. The number of rotatable bonds is 36. The third-order valence-corrected chi connectivity index (χ3v) is 16.0. The number of nitrogens with two attached hydrogens (primary N) is 7. The van der Waals surface area contributed by atoms with Crippen LogP contribution in [0.15, 0.2) is 106 Å². The van der Waals surface area contributed by atoms with Crippen LogP contribution in [0, 0.1) is 0 Å². The van der Waals surface area contributed by atoms with E-state index in [2.05, 4.69) is 41.6 Å². The molecule has 94 heavy (non-hydrogen) atoms. The zero-order chi connectivity index (χ0) is 69.0. The molecule has 2 saturated heterocycles. The number of carbonyl (C=O) groups excluding carboxylic acids is 9. The molecule has 0 radical (unpaired) electrons. The molecule has 0 aliphatic carbocycles. The Hall–Kier alpha value is -9.95. The number of likely N-dealkylation sites (tertiary alicyclic amines) is 2. The van der Waals surface area contributed by atoms with Crippen molar-refractivity contribution < 1.29 is 63.3 Å². The van der Waals surface area contributed by atoms with Gasteiger partial charge < -0.3 is 102 Å². The Bertz CT molecular complexity index is 3130. The highest BCUT2D eigenvalue weighted by atomic mass is 16.4. The summed E-state index contributed by atoms with van der Waals surface area (Å²) >= 11 is 0. The number of amides is 9. The van der Waals surface area contributed by atoms with Gasteiger partial charge in [-0.2, -0.15) is 0 Å². The van der Waals surface area contributed by atoms with Crippen LogP contribution in [-0.4, -0.2) is 232 Å². The van der Waals surface area contributed by atoms with E-state index in [0.717, 1.165) is 14.7 Å². The lowest BCUT2D eigenvalue weighted by Crippen LogP contribution is -2.61. The fraction of sp³-hybridized carbons (Fsp3) is 0.500. The molecule has 512 valence electrons. The van der Waals surface area contributed by atoms with Crippen LogP contribution in [0.3, 0.4) is 0 Å². The Morgan fingerprint density at radius 1 is 0.574 bits per heavy atom. The number of aliphatic carboxylic acids is 1. The van der Waals surface area contributed by atoms with Gasteiger partial charge in [-0.15, -0.1) is 0 Å². The van der Waals surface area contributed by atoms with Crippen molar-refractivity contribution in [1.29, 1.82) is 0 Å². The molecule has 3 aromatic carbocycles. The monoisotopic (exact) mass is 1310 g/mol. The molecule has 3 aromatic rings. The molecule has 32 heteroatoms. The summed E-state index contributed by atoms with van der Waals surface area (Å²) in [6.45, 7) is -1.50. The SMILES string of the molecule is CN(C(=O)[C@H](CO)NC(=O)[C@H](Cc1ccccc1)NC(=O)CNC(=O)[C@@H]1C[C@@H](O)CN1C(=O)[C@@H]1CCCN1C(=O)[C@H](CCCN=C(N)N)NC(=O)[C@H](N)CCCN=C(N)N)[C@H](Cc1ccccc1)C(=O)N(C)[C@@H](Cc1ccccc1)C(=O)N[C@@H](CCCN=C(N)N)C(=O)O. The van der Waals surface area contributed by atoms with Gasteiger partial charge in [0.15, 0.2) is 17.9 Å². The summed E-state index contributed by atoms with van der Waals surface area (Å²) in [4.78, 5) is 157. The van der Waals surface area contributed by atoms with Crippen LogP contribution in [0.1, 0.15) is 74.5 Å². The second-order valence-corrected chi connectivity index (χ2v) is 23.1. The summed E-state index contributed by atoms with van der Waals surface area (Å²) in [6.07, 6.45) is -0.247. The number of nitrogens with zero attached hydrogens (tertiary/aromatic N) is 7. The molecule has 2 aliphatic heterocycles. The normalized spacial score (nSPS) is 17.2. The fourth-order valence-corrected chi connectivity index (χ4v) is 11.0. The van der Waals surface area contributed by atoms with E-state index in [0.29, 0.717) is 29.5 Å². The van der Waals surface area contributed by atoms with Crippen LogP contribution in [0.5, 0.6) is 0 Å². The van der Waals surface area contributed by atoms with Gasteiger partial charge in [0.2, 0.25) is 53.2 Å². The Balaban J connectivity index is 1.31. The lowest BCUT2D eigenvalue weighted by Gasteiger charge is -2.36. The number of hydrogen-bond donors (Lipinski definition) is 15. The van der Waals surface area contributed by atoms with Crippen LogP contribution >= 0.6 is 0 Å². The number of nitrogens with one attached hydrogen (secondary N) is 5. The van der Waals surface area contributed by atoms with E-state index < -0.39 is 133 Å². The van der Waals surface area contributed by atoms with Crippen molar-refractivity contribution in [3.63, 3.8) is 0 Å². The lowest BCUT2D eigenvalue weighted by molar-refractivity contribution is -0.150. The van der Waals surface area contributed by atoms with Gasteiger partial charge in [0.25, 0.3) is 0 Å². The highest BCUT2D eigenvalue weighted by Gasteiger charge is 2.46. The maximum Gasteiger partial charge on any atom is 0.326 e. The van der Waals surface area contributed by atoms with E-state index in [1.54, 1.807) is 91.0 Å². The van der Waals surface area contributed by atoms with Crippen molar-refractivity contribution in [2.24, 2.45) is 55.1 Å². The number of guanidine groups is 3. The molecule has 0 saturated carbocycles. The molecule has 0 spiro atoms. The van der Waals surface area contributed by atoms with Crippen molar-refractivity contribution in [1.82, 2.24) is 46.2 Å². The summed E-state index contributed by atoms with van der Waals surface area (Å²) in [6, 6.07) is 13.7. The van der Waals surface area contributed by atoms with Crippen LogP contribution in [0.4, 0.5) is 0 Å². The summed E-state index contributed by atoms with van der Waals surface area (Å²) in [5, 5.41) is 44.7. The molecule has 0 unspecified atom stereocenters. The Kier molecular flexibility index (Phi) is 29.9. The molecule has 2 aliphatic rings. The maximum atomic E-state index is 15.0. The average molecular weight is 1310 g/mol. The van der Waals surface area contributed by atoms with Gasteiger partial charge in [-0.1, -0.05) is 91.0 Å². The molecule has 0 bridgehead atoms. The van der Waals surface area contributed by atoms with Gasteiger partial charge in [0, 0.05) is 72.5 Å². The van der Waals surface area contributed by atoms with E-state index >= 15 is 4.79 Å². The number of carbonyl (C=O) groups is 10. The van der Waals surface area contributed by atoms with Crippen molar-refractivity contribution in [3.05, 3.63) is 108 Å². The number of likely N-dealkylation sites (N-methyl/N-ethyl adjacent to an activating group) is 2. The largest absolute Gasteiger partial charge is 0.480 e.